The summed E-state index contributed by atoms with van der Waals surface area (Å²) in [6.45, 7) is 0. The Bertz CT molecular complexity index is 417. The summed E-state index contributed by atoms with van der Waals surface area (Å²) in [5.74, 6) is -0.0891. The maximum atomic E-state index is 11.7. The van der Waals surface area contributed by atoms with Crippen molar-refractivity contribution in [1.29, 1.82) is 0 Å². The highest BCUT2D eigenvalue weighted by atomic mass is 35.5. The van der Waals surface area contributed by atoms with Gasteiger partial charge in [0.2, 0.25) is 11.0 Å². The normalized spacial score (nSPS) is 10.2. The molecule has 0 aliphatic heterocycles. The summed E-state index contributed by atoms with van der Waals surface area (Å²) in [6.07, 6.45) is 1.41. The molecule has 0 spiro atoms. The number of carbonyl (C=O) groups excluding carboxylic acids is 1. The van der Waals surface area contributed by atoms with Crippen molar-refractivity contribution in [3.63, 3.8) is 0 Å². The standard InChI is InChI=1S/C9H5ClO2S/c10-9-6(3-4-12-9)8(11)7-2-1-5-13-7/h1-5H. The fourth-order valence-electron chi connectivity index (χ4n) is 0.996. The summed E-state index contributed by atoms with van der Waals surface area (Å²) >= 11 is 7.06. The fraction of sp³-hybridized carbons (Fsp3) is 0. The topological polar surface area (TPSA) is 30.2 Å². The van der Waals surface area contributed by atoms with E-state index in [2.05, 4.69) is 0 Å². The van der Waals surface area contributed by atoms with Gasteiger partial charge in [-0.1, -0.05) is 6.07 Å². The Morgan fingerprint density at radius 2 is 2.31 bits per heavy atom. The lowest BCUT2D eigenvalue weighted by molar-refractivity contribution is 0.104. The highest BCUT2D eigenvalue weighted by Crippen LogP contribution is 2.22. The van der Waals surface area contributed by atoms with Crippen LogP contribution in [0.2, 0.25) is 5.22 Å². The Balaban J connectivity index is 2.39. The molecule has 66 valence electrons. The number of hydrogen-bond donors (Lipinski definition) is 0. The second-order valence-electron chi connectivity index (χ2n) is 2.41. The maximum Gasteiger partial charge on any atom is 0.207 e. The SMILES string of the molecule is O=C(c1cccs1)c1ccoc1Cl. The highest BCUT2D eigenvalue weighted by molar-refractivity contribution is 7.12. The number of carbonyl (C=O) groups is 1. The van der Waals surface area contributed by atoms with Gasteiger partial charge in [-0.25, -0.2) is 0 Å². The van der Waals surface area contributed by atoms with E-state index in [-0.39, 0.29) is 11.0 Å². The number of ketones is 1. The van der Waals surface area contributed by atoms with Crippen molar-refractivity contribution in [3.8, 4) is 0 Å². The van der Waals surface area contributed by atoms with Gasteiger partial charge in [0.25, 0.3) is 0 Å². The van der Waals surface area contributed by atoms with Crippen LogP contribution in [0.1, 0.15) is 15.2 Å². The van der Waals surface area contributed by atoms with Crippen LogP contribution in [0.3, 0.4) is 0 Å². The molecule has 0 aliphatic carbocycles. The van der Waals surface area contributed by atoms with Crippen LogP contribution in [0.4, 0.5) is 0 Å². The van der Waals surface area contributed by atoms with Crippen LogP contribution in [0.5, 0.6) is 0 Å². The zero-order valence-corrected chi connectivity index (χ0v) is 8.06. The van der Waals surface area contributed by atoms with Gasteiger partial charge in [0.15, 0.2) is 0 Å². The monoisotopic (exact) mass is 212 g/mol. The van der Waals surface area contributed by atoms with Crippen LogP contribution in [0.15, 0.2) is 34.3 Å². The van der Waals surface area contributed by atoms with Crippen LogP contribution in [-0.2, 0) is 0 Å². The van der Waals surface area contributed by atoms with E-state index >= 15 is 0 Å². The lowest BCUT2D eigenvalue weighted by Crippen LogP contribution is -1.96. The summed E-state index contributed by atoms with van der Waals surface area (Å²) in [5, 5.41) is 2.00. The van der Waals surface area contributed by atoms with E-state index in [0.717, 1.165) is 0 Å². The van der Waals surface area contributed by atoms with Gasteiger partial charge in [-0.3, -0.25) is 4.79 Å². The molecule has 0 atom stereocenters. The number of hydrogen-bond acceptors (Lipinski definition) is 3. The molecule has 0 radical (unpaired) electrons. The van der Waals surface area contributed by atoms with E-state index < -0.39 is 0 Å². The molecule has 0 saturated carbocycles. The number of halogens is 1. The smallest absolute Gasteiger partial charge is 0.207 e. The summed E-state index contributed by atoms with van der Waals surface area (Å²) in [6, 6.07) is 5.16. The van der Waals surface area contributed by atoms with Gasteiger partial charge < -0.3 is 4.42 Å². The molecule has 2 aromatic heterocycles. The third-order valence-corrected chi connectivity index (χ3v) is 2.77. The quantitative estimate of drug-likeness (QED) is 0.716. The first-order valence-electron chi connectivity index (χ1n) is 3.60. The van der Waals surface area contributed by atoms with E-state index in [1.165, 1.54) is 17.6 Å². The average molecular weight is 213 g/mol. The van der Waals surface area contributed by atoms with Crippen molar-refractivity contribution >= 4 is 28.7 Å². The van der Waals surface area contributed by atoms with E-state index in [1.54, 1.807) is 12.1 Å². The van der Waals surface area contributed by atoms with Crippen LogP contribution >= 0.6 is 22.9 Å². The minimum absolute atomic E-state index is 0.0891. The zero-order chi connectivity index (χ0) is 9.26. The van der Waals surface area contributed by atoms with Crippen LogP contribution < -0.4 is 0 Å². The van der Waals surface area contributed by atoms with Gasteiger partial charge in [-0.05, 0) is 29.1 Å². The Morgan fingerprint density at radius 3 is 2.85 bits per heavy atom. The predicted octanol–water partition coefficient (Wildman–Crippen LogP) is 3.23. The molecule has 0 N–H and O–H groups in total. The van der Waals surface area contributed by atoms with Crippen molar-refractivity contribution in [2.24, 2.45) is 0 Å². The third-order valence-electron chi connectivity index (χ3n) is 1.61. The summed E-state index contributed by atoms with van der Waals surface area (Å²) in [7, 11) is 0. The fourth-order valence-corrected chi connectivity index (χ4v) is 1.87. The van der Waals surface area contributed by atoms with Gasteiger partial charge in [-0.15, -0.1) is 11.3 Å². The molecule has 0 fully saturated rings. The lowest BCUT2D eigenvalue weighted by Gasteiger charge is -1.92. The molecule has 0 amide bonds. The number of rotatable bonds is 2. The second-order valence-corrected chi connectivity index (χ2v) is 3.71. The molecular formula is C9H5ClO2S. The lowest BCUT2D eigenvalue weighted by atomic mass is 10.2. The Hall–Kier alpha value is -1.06. The molecule has 2 aromatic rings. The van der Waals surface area contributed by atoms with Gasteiger partial charge in [0, 0.05) is 0 Å². The molecule has 0 saturated heterocycles. The molecule has 0 unspecified atom stereocenters. The van der Waals surface area contributed by atoms with E-state index in [4.69, 9.17) is 16.0 Å². The second kappa shape index (κ2) is 3.36. The average Bonchev–Trinajstić information content (AvgIpc) is 2.72. The molecule has 2 heterocycles. The maximum absolute atomic E-state index is 11.7. The Labute approximate surface area is 83.8 Å². The highest BCUT2D eigenvalue weighted by Gasteiger charge is 2.15. The van der Waals surface area contributed by atoms with E-state index in [1.807, 2.05) is 11.4 Å². The zero-order valence-electron chi connectivity index (χ0n) is 6.49. The third kappa shape index (κ3) is 1.53. The molecular weight excluding hydrogens is 208 g/mol. The van der Waals surface area contributed by atoms with Crippen molar-refractivity contribution in [2.75, 3.05) is 0 Å². The summed E-state index contributed by atoms with van der Waals surface area (Å²) in [4.78, 5) is 12.3. The van der Waals surface area contributed by atoms with E-state index in [0.29, 0.717) is 10.4 Å². The molecule has 4 heteroatoms. The summed E-state index contributed by atoms with van der Waals surface area (Å²) < 4.78 is 4.83. The molecule has 2 rings (SSSR count). The van der Waals surface area contributed by atoms with Crippen molar-refractivity contribution in [2.45, 2.75) is 0 Å². The molecule has 0 aromatic carbocycles. The molecule has 13 heavy (non-hydrogen) atoms. The first kappa shape index (κ1) is 8.53. The van der Waals surface area contributed by atoms with Crippen LogP contribution in [0.25, 0.3) is 0 Å². The first-order chi connectivity index (χ1) is 6.29. The Morgan fingerprint density at radius 1 is 1.46 bits per heavy atom. The number of furan rings is 1. The van der Waals surface area contributed by atoms with Gasteiger partial charge in [0.05, 0.1) is 16.7 Å². The minimum Gasteiger partial charge on any atom is -0.452 e. The van der Waals surface area contributed by atoms with Crippen molar-refractivity contribution < 1.29 is 9.21 Å². The molecule has 2 nitrogen and oxygen atoms in total. The van der Waals surface area contributed by atoms with Gasteiger partial charge >= 0.3 is 0 Å². The minimum atomic E-state index is -0.0891. The number of thiophene rings is 1. The van der Waals surface area contributed by atoms with Crippen molar-refractivity contribution in [1.82, 2.24) is 0 Å². The van der Waals surface area contributed by atoms with Crippen molar-refractivity contribution in [3.05, 3.63) is 45.5 Å². The molecule has 0 aliphatic rings. The van der Waals surface area contributed by atoms with E-state index in [9.17, 15) is 4.79 Å². The first-order valence-corrected chi connectivity index (χ1v) is 4.86. The van der Waals surface area contributed by atoms with Crippen LogP contribution in [-0.4, -0.2) is 5.78 Å². The van der Waals surface area contributed by atoms with Gasteiger partial charge in [-0.2, -0.15) is 0 Å². The summed E-state index contributed by atoms with van der Waals surface area (Å²) in [5.41, 5.74) is 0.420. The Kier molecular flexibility index (Phi) is 2.20. The van der Waals surface area contributed by atoms with Crippen LogP contribution in [0, 0.1) is 0 Å². The largest absolute Gasteiger partial charge is 0.452 e. The predicted molar refractivity (Wildman–Crippen MR) is 51.5 cm³/mol. The molecule has 0 bridgehead atoms. The van der Waals surface area contributed by atoms with Gasteiger partial charge in [0.1, 0.15) is 0 Å².